The standard InChI is InChI=1S/C13H24OS.C7H8O3S/c1-13(2,3)12(15)9-11(14)10-7-5-4-6-8-10;1-6-2-4-7(5-3-6)11(8,9)10/h10,12,15H,4-9H2,1-3H3;2-5H,1H3,(H,8,9,10). The Morgan fingerprint density at radius 1 is 1.15 bits per heavy atom. The average Bonchev–Trinajstić information content (AvgIpc) is 2.55. The van der Waals surface area contributed by atoms with Gasteiger partial charge in [0.1, 0.15) is 5.78 Å². The number of carbonyl (C=O) groups excluding carboxylic acids is 1. The molecule has 0 saturated heterocycles. The summed E-state index contributed by atoms with van der Waals surface area (Å²) in [5.41, 5.74) is 1.09. The third kappa shape index (κ3) is 8.23. The molecule has 1 aromatic carbocycles. The molecule has 1 aliphatic carbocycles. The lowest BCUT2D eigenvalue weighted by Gasteiger charge is -2.28. The predicted octanol–water partition coefficient (Wildman–Crippen LogP) is 5.11. The Morgan fingerprint density at radius 2 is 1.65 bits per heavy atom. The van der Waals surface area contributed by atoms with E-state index in [9.17, 15) is 13.2 Å². The van der Waals surface area contributed by atoms with Gasteiger partial charge in [-0.05, 0) is 37.3 Å². The van der Waals surface area contributed by atoms with Gasteiger partial charge in [-0.2, -0.15) is 21.0 Å². The molecule has 0 aliphatic heterocycles. The molecule has 1 atom stereocenters. The molecule has 0 bridgehead atoms. The van der Waals surface area contributed by atoms with Gasteiger partial charge in [0.15, 0.2) is 0 Å². The SMILES string of the molecule is CC(C)(C)C(S)CC(=O)C1CCCCC1.Cc1ccc(S(=O)(=O)O)cc1. The fraction of sp³-hybridized carbons (Fsp3) is 0.650. The summed E-state index contributed by atoms with van der Waals surface area (Å²) in [4.78, 5) is 11.9. The van der Waals surface area contributed by atoms with Gasteiger partial charge in [0.05, 0.1) is 4.90 Å². The van der Waals surface area contributed by atoms with Crippen molar-refractivity contribution in [1.29, 1.82) is 0 Å². The van der Waals surface area contributed by atoms with E-state index in [0.29, 0.717) is 18.1 Å². The molecule has 1 saturated carbocycles. The molecule has 0 aromatic heterocycles. The zero-order valence-corrected chi connectivity index (χ0v) is 17.9. The van der Waals surface area contributed by atoms with Crippen LogP contribution in [0.3, 0.4) is 0 Å². The summed E-state index contributed by atoms with van der Waals surface area (Å²) in [6, 6.07) is 5.99. The fourth-order valence-corrected chi connectivity index (χ4v) is 3.46. The number of hydrogen-bond donors (Lipinski definition) is 2. The first kappa shape index (κ1) is 23.2. The van der Waals surface area contributed by atoms with Crippen LogP contribution < -0.4 is 0 Å². The summed E-state index contributed by atoms with van der Waals surface area (Å²) < 4.78 is 29.6. The predicted molar refractivity (Wildman–Crippen MR) is 109 cm³/mol. The molecule has 1 unspecified atom stereocenters. The Labute approximate surface area is 163 Å². The van der Waals surface area contributed by atoms with Crippen LogP contribution in [-0.4, -0.2) is 24.0 Å². The van der Waals surface area contributed by atoms with E-state index < -0.39 is 10.1 Å². The fourth-order valence-electron chi connectivity index (χ4n) is 2.80. The van der Waals surface area contributed by atoms with E-state index in [4.69, 9.17) is 4.55 Å². The number of carbonyl (C=O) groups is 1. The van der Waals surface area contributed by atoms with Crippen molar-refractivity contribution in [2.75, 3.05) is 0 Å². The van der Waals surface area contributed by atoms with Crippen molar-refractivity contribution in [3.63, 3.8) is 0 Å². The molecule has 6 heteroatoms. The average molecular weight is 401 g/mol. The topological polar surface area (TPSA) is 71.4 Å². The van der Waals surface area contributed by atoms with Crippen LogP contribution in [-0.2, 0) is 14.9 Å². The molecule has 1 aromatic rings. The molecule has 0 spiro atoms. The molecular weight excluding hydrogens is 368 g/mol. The minimum Gasteiger partial charge on any atom is -0.299 e. The van der Waals surface area contributed by atoms with Gasteiger partial charge in [-0.1, -0.05) is 57.7 Å². The number of benzene rings is 1. The van der Waals surface area contributed by atoms with E-state index in [-0.39, 0.29) is 15.6 Å². The molecule has 0 radical (unpaired) electrons. The van der Waals surface area contributed by atoms with Crippen LogP contribution in [0.1, 0.15) is 64.9 Å². The van der Waals surface area contributed by atoms with E-state index in [1.54, 1.807) is 12.1 Å². The van der Waals surface area contributed by atoms with E-state index >= 15 is 0 Å². The van der Waals surface area contributed by atoms with E-state index in [0.717, 1.165) is 18.4 Å². The van der Waals surface area contributed by atoms with Crippen molar-refractivity contribution < 1.29 is 17.8 Å². The lowest BCUT2D eigenvalue weighted by atomic mass is 9.81. The van der Waals surface area contributed by atoms with E-state index in [2.05, 4.69) is 33.4 Å². The molecule has 4 nitrogen and oxygen atoms in total. The van der Waals surface area contributed by atoms with Crippen molar-refractivity contribution >= 4 is 28.5 Å². The molecule has 0 heterocycles. The summed E-state index contributed by atoms with van der Waals surface area (Å²) in [5.74, 6) is 0.792. The number of ketones is 1. The smallest absolute Gasteiger partial charge is 0.294 e. The molecule has 1 aliphatic rings. The highest BCUT2D eigenvalue weighted by atomic mass is 32.2. The second-order valence-corrected chi connectivity index (χ2v) is 10.2. The normalized spacial score (nSPS) is 17.2. The third-order valence-electron chi connectivity index (χ3n) is 4.77. The largest absolute Gasteiger partial charge is 0.299 e. The maximum absolute atomic E-state index is 12.0. The first-order chi connectivity index (χ1) is 11.9. The van der Waals surface area contributed by atoms with Crippen molar-refractivity contribution in [3.8, 4) is 0 Å². The van der Waals surface area contributed by atoms with Crippen LogP contribution in [0.25, 0.3) is 0 Å². The van der Waals surface area contributed by atoms with Crippen LogP contribution in [0.4, 0.5) is 0 Å². The molecule has 2 rings (SSSR count). The van der Waals surface area contributed by atoms with Crippen LogP contribution in [0.15, 0.2) is 29.2 Å². The molecule has 1 fully saturated rings. The van der Waals surface area contributed by atoms with Gasteiger partial charge in [-0.3, -0.25) is 9.35 Å². The summed E-state index contributed by atoms with van der Waals surface area (Å²) in [6.07, 6.45) is 6.67. The summed E-state index contributed by atoms with van der Waals surface area (Å²) in [6.45, 7) is 8.30. The number of Topliss-reactive ketones (excluding diaryl/α,β-unsaturated/α-hetero) is 1. The first-order valence-corrected chi connectivity index (χ1v) is 11.1. The van der Waals surface area contributed by atoms with Gasteiger partial charge in [0, 0.05) is 17.6 Å². The lowest BCUT2D eigenvalue weighted by molar-refractivity contribution is -0.124. The quantitative estimate of drug-likeness (QED) is 0.544. The lowest BCUT2D eigenvalue weighted by Crippen LogP contribution is -2.27. The number of aryl methyl sites for hydroxylation is 1. The van der Waals surface area contributed by atoms with Gasteiger partial charge >= 0.3 is 0 Å². The van der Waals surface area contributed by atoms with Gasteiger partial charge in [0.25, 0.3) is 10.1 Å². The van der Waals surface area contributed by atoms with Crippen molar-refractivity contribution in [2.24, 2.45) is 11.3 Å². The monoisotopic (exact) mass is 400 g/mol. The minimum absolute atomic E-state index is 0.0666. The second kappa shape index (κ2) is 9.90. The summed E-state index contributed by atoms with van der Waals surface area (Å²) in [7, 11) is -4.02. The van der Waals surface area contributed by atoms with Gasteiger partial charge in [-0.15, -0.1) is 0 Å². The van der Waals surface area contributed by atoms with Crippen molar-refractivity contribution in [2.45, 2.75) is 76.4 Å². The van der Waals surface area contributed by atoms with Crippen LogP contribution in [0, 0.1) is 18.3 Å². The van der Waals surface area contributed by atoms with Crippen molar-refractivity contribution in [1.82, 2.24) is 0 Å². The van der Waals surface area contributed by atoms with Crippen LogP contribution in [0.5, 0.6) is 0 Å². The van der Waals surface area contributed by atoms with E-state index in [1.165, 1.54) is 31.4 Å². The number of rotatable bonds is 4. The zero-order valence-electron chi connectivity index (χ0n) is 16.2. The Hall–Kier alpha value is -0.850. The Bertz CT molecular complexity index is 667. The van der Waals surface area contributed by atoms with Gasteiger partial charge < -0.3 is 0 Å². The highest BCUT2D eigenvalue weighted by molar-refractivity contribution is 7.85. The summed E-state index contributed by atoms with van der Waals surface area (Å²) in [5, 5.41) is 0.201. The second-order valence-electron chi connectivity index (χ2n) is 8.18. The van der Waals surface area contributed by atoms with Crippen LogP contribution in [0.2, 0.25) is 0 Å². The Morgan fingerprint density at radius 3 is 2.08 bits per heavy atom. The maximum Gasteiger partial charge on any atom is 0.294 e. The highest BCUT2D eigenvalue weighted by Gasteiger charge is 2.27. The zero-order chi connectivity index (χ0) is 20.0. The van der Waals surface area contributed by atoms with E-state index in [1.807, 2.05) is 6.92 Å². The molecule has 1 N–H and O–H groups in total. The van der Waals surface area contributed by atoms with Gasteiger partial charge in [0.2, 0.25) is 0 Å². The maximum atomic E-state index is 12.0. The van der Waals surface area contributed by atoms with Crippen LogP contribution >= 0.6 is 12.6 Å². The number of thiol groups is 1. The highest BCUT2D eigenvalue weighted by Crippen LogP contribution is 2.31. The molecule has 26 heavy (non-hydrogen) atoms. The number of hydrogen-bond acceptors (Lipinski definition) is 4. The molecule has 0 amide bonds. The third-order valence-corrected chi connectivity index (χ3v) is 6.60. The minimum atomic E-state index is -4.02. The summed E-state index contributed by atoms with van der Waals surface area (Å²) >= 11 is 4.55. The first-order valence-electron chi connectivity index (χ1n) is 9.16. The Balaban J connectivity index is 0.000000273. The Kier molecular flexibility index (Phi) is 8.83. The molecular formula is C20H32O4S2. The van der Waals surface area contributed by atoms with Gasteiger partial charge in [-0.25, -0.2) is 0 Å². The molecule has 148 valence electrons. The van der Waals surface area contributed by atoms with Crippen molar-refractivity contribution in [3.05, 3.63) is 29.8 Å².